The maximum atomic E-state index is 13.2. The minimum Gasteiger partial charge on any atom is -0.313 e. The van der Waals surface area contributed by atoms with E-state index >= 15 is 0 Å². The molecule has 1 heterocycles. The third-order valence-electron chi connectivity index (χ3n) is 5.38. The Hall–Kier alpha value is -3.54. The van der Waals surface area contributed by atoms with Crippen molar-refractivity contribution in [1.29, 1.82) is 0 Å². The fraction of sp³-hybridized carbons (Fsp3) is 0.208. The third-order valence-corrected chi connectivity index (χ3v) is 5.38. The highest BCUT2D eigenvalue weighted by atomic mass is 19.1. The fourth-order valence-electron chi connectivity index (χ4n) is 3.93. The molecular weight excluding hydrogens is 383 g/mol. The molecule has 30 heavy (non-hydrogen) atoms. The lowest BCUT2D eigenvalue weighted by Crippen LogP contribution is -2.41. The van der Waals surface area contributed by atoms with Crippen LogP contribution in [0.25, 0.3) is 10.8 Å². The predicted octanol–water partition coefficient (Wildman–Crippen LogP) is 4.41. The summed E-state index contributed by atoms with van der Waals surface area (Å²) in [5, 5.41) is 1.55. The summed E-state index contributed by atoms with van der Waals surface area (Å²) in [6, 6.07) is 16.6. The monoisotopic (exact) mass is 404 g/mol. The minimum atomic E-state index is -0.361. The van der Waals surface area contributed by atoms with Crippen molar-refractivity contribution in [2.45, 2.75) is 19.8 Å². The number of nitrogens with zero attached hydrogens (tertiary/aromatic N) is 2. The summed E-state index contributed by atoms with van der Waals surface area (Å²) in [4.78, 5) is 41.3. The van der Waals surface area contributed by atoms with Crippen molar-refractivity contribution in [3.05, 3.63) is 77.6 Å². The summed E-state index contributed by atoms with van der Waals surface area (Å²) in [7, 11) is 0. The van der Waals surface area contributed by atoms with E-state index in [1.54, 1.807) is 41.3 Å². The highest BCUT2D eigenvalue weighted by Crippen LogP contribution is 2.30. The molecule has 0 unspecified atom stereocenters. The van der Waals surface area contributed by atoms with E-state index in [2.05, 4.69) is 0 Å². The number of carbonyl (C=O) groups is 3. The molecule has 3 aromatic carbocycles. The van der Waals surface area contributed by atoms with Gasteiger partial charge in [0.15, 0.2) is 0 Å². The molecule has 1 aliphatic rings. The van der Waals surface area contributed by atoms with Crippen molar-refractivity contribution < 1.29 is 18.8 Å². The van der Waals surface area contributed by atoms with Gasteiger partial charge in [-0.25, -0.2) is 4.39 Å². The molecule has 0 bridgehead atoms. The Balaban J connectivity index is 1.46. The van der Waals surface area contributed by atoms with Crippen LogP contribution in [0.15, 0.2) is 60.7 Å². The second-order valence-corrected chi connectivity index (χ2v) is 7.19. The number of carbonyl (C=O) groups excluding carboxylic acids is 3. The second kappa shape index (κ2) is 8.06. The average molecular weight is 404 g/mol. The van der Waals surface area contributed by atoms with Gasteiger partial charge in [0, 0.05) is 41.7 Å². The first-order valence-corrected chi connectivity index (χ1v) is 9.95. The average Bonchev–Trinajstić information content (AvgIpc) is 2.76. The molecule has 0 aromatic heterocycles. The highest BCUT2D eigenvalue weighted by molar-refractivity contribution is 6.25. The Kier molecular flexibility index (Phi) is 5.31. The Labute approximate surface area is 173 Å². The van der Waals surface area contributed by atoms with Crippen LogP contribution in [0.2, 0.25) is 0 Å². The van der Waals surface area contributed by atoms with Crippen LogP contribution in [0.1, 0.15) is 40.5 Å². The summed E-state index contributed by atoms with van der Waals surface area (Å²) in [5.74, 6) is -1.16. The van der Waals surface area contributed by atoms with E-state index in [1.807, 2.05) is 19.1 Å². The van der Waals surface area contributed by atoms with Gasteiger partial charge in [-0.3, -0.25) is 19.3 Å². The van der Waals surface area contributed by atoms with Gasteiger partial charge in [0.25, 0.3) is 11.8 Å². The van der Waals surface area contributed by atoms with Gasteiger partial charge in [-0.1, -0.05) is 24.3 Å². The van der Waals surface area contributed by atoms with Crippen LogP contribution in [0.4, 0.5) is 10.1 Å². The van der Waals surface area contributed by atoms with Gasteiger partial charge in [0.05, 0.1) is 0 Å². The molecule has 0 saturated carbocycles. The van der Waals surface area contributed by atoms with E-state index in [0.29, 0.717) is 35.2 Å². The van der Waals surface area contributed by atoms with Crippen LogP contribution < -0.4 is 4.90 Å². The molecule has 5 nitrogen and oxygen atoms in total. The van der Waals surface area contributed by atoms with Crippen LogP contribution >= 0.6 is 0 Å². The Morgan fingerprint density at radius 3 is 2.10 bits per heavy atom. The number of rotatable bonds is 6. The van der Waals surface area contributed by atoms with Gasteiger partial charge in [-0.05, 0) is 55.1 Å². The molecular formula is C24H21FN2O3. The molecule has 3 amide bonds. The lowest BCUT2D eigenvalue weighted by atomic mass is 9.94. The van der Waals surface area contributed by atoms with Crippen molar-refractivity contribution in [2.75, 3.05) is 18.0 Å². The van der Waals surface area contributed by atoms with Crippen molar-refractivity contribution in [3.63, 3.8) is 0 Å². The molecule has 0 spiro atoms. The molecule has 0 saturated heterocycles. The third kappa shape index (κ3) is 3.45. The Morgan fingerprint density at radius 1 is 0.933 bits per heavy atom. The number of halogens is 1. The summed E-state index contributed by atoms with van der Waals surface area (Å²) < 4.78 is 13.2. The zero-order valence-electron chi connectivity index (χ0n) is 16.6. The van der Waals surface area contributed by atoms with Gasteiger partial charge in [0.1, 0.15) is 5.82 Å². The maximum absolute atomic E-state index is 13.2. The van der Waals surface area contributed by atoms with Gasteiger partial charge >= 0.3 is 0 Å². The normalized spacial score (nSPS) is 13.1. The Morgan fingerprint density at radius 2 is 1.53 bits per heavy atom. The van der Waals surface area contributed by atoms with Crippen molar-refractivity contribution >= 4 is 34.2 Å². The van der Waals surface area contributed by atoms with E-state index in [-0.39, 0.29) is 36.5 Å². The standard InChI is InChI=1S/C24H21FN2O3/c1-2-26(18-13-11-17(25)12-14-18)21(28)10-5-15-27-23(29)19-8-3-6-16-7-4-9-20(22(16)19)24(27)30/h3-4,6-9,11-14H,2,5,10,15H2,1H3. The SMILES string of the molecule is CCN(C(=O)CCCN1C(=O)c2cccc3cccc(c23)C1=O)c1ccc(F)cc1. The zero-order valence-corrected chi connectivity index (χ0v) is 16.6. The van der Waals surface area contributed by atoms with Gasteiger partial charge in [-0.15, -0.1) is 0 Å². The molecule has 3 aromatic rings. The topological polar surface area (TPSA) is 57.7 Å². The number of hydrogen-bond donors (Lipinski definition) is 0. The van der Waals surface area contributed by atoms with Crippen molar-refractivity contribution in [3.8, 4) is 0 Å². The van der Waals surface area contributed by atoms with E-state index in [9.17, 15) is 18.8 Å². The van der Waals surface area contributed by atoms with Crippen LogP contribution in [0.5, 0.6) is 0 Å². The zero-order chi connectivity index (χ0) is 21.3. The molecule has 0 fully saturated rings. The molecule has 1 aliphatic heterocycles. The van der Waals surface area contributed by atoms with E-state index in [4.69, 9.17) is 0 Å². The van der Waals surface area contributed by atoms with E-state index < -0.39 is 0 Å². The number of anilines is 1. The second-order valence-electron chi connectivity index (χ2n) is 7.19. The van der Waals surface area contributed by atoms with Gasteiger partial charge in [0.2, 0.25) is 5.91 Å². The highest BCUT2D eigenvalue weighted by Gasteiger charge is 2.32. The van der Waals surface area contributed by atoms with E-state index in [1.165, 1.54) is 17.0 Å². The quantitative estimate of drug-likeness (QED) is 0.572. The molecule has 152 valence electrons. The number of hydrogen-bond acceptors (Lipinski definition) is 3. The number of amides is 3. The lowest BCUT2D eigenvalue weighted by molar-refractivity contribution is -0.118. The maximum Gasteiger partial charge on any atom is 0.261 e. The van der Waals surface area contributed by atoms with Crippen molar-refractivity contribution in [2.24, 2.45) is 0 Å². The largest absolute Gasteiger partial charge is 0.313 e. The first kappa shape index (κ1) is 19.8. The van der Waals surface area contributed by atoms with Crippen LogP contribution in [-0.2, 0) is 4.79 Å². The summed E-state index contributed by atoms with van der Waals surface area (Å²) >= 11 is 0. The molecule has 0 atom stereocenters. The van der Waals surface area contributed by atoms with Crippen LogP contribution in [-0.4, -0.2) is 35.7 Å². The smallest absolute Gasteiger partial charge is 0.261 e. The Bertz CT molecular complexity index is 1090. The molecule has 0 radical (unpaired) electrons. The van der Waals surface area contributed by atoms with Gasteiger partial charge < -0.3 is 4.90 Å². The van der Waals surface area contributed by atoms with Crippen LogP contribution in [0, 0.1) is 5.82 Å². The first-order chi connectivity index (χ1) is 14.5. The minimum absolute atomic E-state index is 0.136. The lowest BCUT2D eigenvalue weighted by Gasteiger charge is -2.27. The molecule has 4 rings (SSSR count). The molecule has 0 N–H and O–H groups in total. The summed E-state index contributed by atoms with van der Waals surface area (Å²) in [6.45, 7) is 2.45. The number of imide groups is 1. The van der Waals surface area contributed by atoms with Crippen molar-refractivity contribution in [1.82, 2.24) is 4.90 Å². The molecule has 0 aliphatic carbocycles. The fourth-order valence-corrected chi connectivity index (χ4v) is 3.93. The number of benzene rings is 3. The predicted molar refractivity (Wildman–Crippen MR) is 113 cm³/mol. The van der Waals surface area contributed by atoms with Crippen LogP contribution in [0.3, 0.4) is 0 Å². The first-order valence-electron chi connectivity index (χ1n) is 9.95. The molecule has 6 heteroatoms. The summed E-state index contributed by atoms with van der Waals surface area (Å²) in [6.07, 6.45) is 0.528. The summed E-state index contributed by atoms with van der Waals surface area (Å²) in [5.41, 5.74) is 1.64. The van der Waals surface area contributed by atoms with Gasteiger partial charge in [-0.2, -0.15) is 0 Å². The van der Waals surface area contributed by atoms with E-state index in [0.717, 1.165) is 5.39 Å².